The molecule has 1 aliphatic rings. The number of nitrogens with one attached hydrogen (secondary N) is 1. The quantitative estimate of drug-likeness (QED) is 0.691. The second kappa shape index (κ2) is 8.22. The molecule has 2 aromatic rings. The molecule has 7 heteroatoms. The molecule has 1 aromatic carbocycles. The molecule has 1 amide bonds. The van der Waals surface area contributed by atoms with E-state index in [0.29, 0.717) is 5.56 Å². The van der Waals surface area contributed by atoms with Crippen LogP contribution >= 0.6 is 23.1 Å². The number of carboxylic acids is 1. The van der Waals surface area contributed by atoms with Gasteiger partial charge in [-0.05, 0) is 44.0 Å². The van der Waals surface area contributed by atoms with Gasteiger partial charge in [0.05, 0.1) is 22.7 Å². The molecular weight excluding hydrogens is 368 g/mol. The molecule has 0 spiro atoms. The van der Waals surface area contributed by atoms with Crippen LogP contribution in [0, 0.1) is 6.92 Å². The minimum atomic E-state index is -0.865. The Morgan fingerprint density at radius 2 is 1.96 bits per heavy atom. The Morgan fingerprint density at radius 3 is 2.54 bits per heavy atom. The van der Waals surface area contributed by atoms with E-state index in [4.69, 9.17) is 5.11 Å². The zero-order valence-electron chi connectivity index (χ0n) is 14.7. The number of aryl methyl sites for hydroxylation is 1. The van der Waals surface area contributed by atoms with Crippen molar-refractivity contribution in [1.29, 1.82) is 0 Å². The van der Waals surface area contributed by atoms with Crippen LogP contribution in [0.4, 0.5) is 0 Å². The number of carboxylic acid groups (broad SMARTS) is 1. The third-order valence-corrected chi connectivity index (χ3v) is 6.47. The molecule has 0 aliphatic heterocycles. The maximum Gasteiger partial charge on any atom is 0.305 e. The van der Waals surface area contributed by atoms with E-state index in [2.05, 4.69) is 15.7 Å². The zero-order chi connectivity index (χ0) is 18.6. The van der Waals surface area contributed by atoms with Crippen LogP contribution in [0.3, 0.4) is 0 Å². The van der Waals surface area contributed by atoms with Gasteiger partial charge in [0.1, 0.15) is 0 Å². The van der Waals surface area contributed by atoms with Crippen LogP contribution in [0.2, 0.25) is 0 Å². The highest BCUT2D eigenvalue weighted by atomic mass is 32.2. The van der Waals surface area contributed by atoms with E-state index < -0.39 is 11.5 Å². The first-order valence-corrected chi connectivity index (χ1v) is 10.5. The Hall–Kier alpha value is -1.86. The summed E-state index contributed by atoms with van der Waals surface area (Å²) in [5.41, 5.74) is 1.03. The van der Waals surface area contributed by atoms with Gasteiger partial charge in [-0.3, -0.25) is 9.59 Å². The Kier molecular flexibility index (Phi) is 5.98. The monoisotopic (exact) mass is 390 g/mol. The fraction of sp³-hybridized carbons (Fsp3) is 0.421. The van der Waals surface area contributed by atoms with E-state index in [1.165, 1.54) is 0 Å². The van der Waals surface area contributed by atoms with Crippen molar-refractivity contribution in [3.05, 3.63) is 45.9 Å². The molecule has 1 saturated carbocycles. The van der Waals surface area contributed by atoms with Crippen molar-refractivity contribution in [3.63, 3.8) is 0 Å². The number of thiazole rings is 1. The minimum absolute atomic E-state index is 0.0142. The number of carbonyl (C=O) groups excluding carboxylic acids is 1. The third kappa shape index (κ3) is 4.86. The fourth-order valence-corrected chi connectivity index (χ4v) is 4.84. The van der Waals surface area contributed by atoms with Crippen molar-refractivity contribution >= 4 is 35.0 Å². The maximum atomic E-state index is 12.6. The first-order valence-electron chi connectivity index (χ1n) is 8.64. The third-order valence-electron chi connectivity index (χ3n) is 4.60. The molecule has 2 N–H and O–H groups in total. The van der Waals surface area contributed by atoms with Gasteiger partial charge >= 0.3 is 5.97 Å². The molecular formula is C19H22N2O3S2. The molecule has 26 heavy (non-hydrogen) atoms. The Morgan fingerprint density at radius 1 is 1.27 bits per heavy atom. The van der Waals surface area contributed by atoms with Gasteiger partial charge in [0.15, 0.2) is 0 Å². The van der Waals surface area contributed by atoms with E-state index >= 15 is 0 Å². The summed E-state index contributed by atoms with van der Waals surface area (Å²) >= 11 is 3.33. The topological polar surface area (TPSA) is 79.3 Å². The van der Waals surface area contributed by atoms with Gasteiger partial charge in [-0.25, -0.2) is 4.98 Å². The average molecular weight is 391 g/mol. The highest BCUT2D eigenvalue weighted by Gasteiger charge is 2.37. The lowest BCUT2D eigenvalue weighted by Crippen LogP contribution is -2.47. The summed E-state index contributed by atoms with van der Waals surface area (Å²) in [6, 6.07) is 7.45. The number of thioether (sulfide) groups is 1. The van der Waals surface area contributed by atoms with Crippen molar-refractivity contribution < 1.29 is 14.7 Å². The molecule has 0 unspecified atom stereocenters. The summed E-state index contributed by atoms with van der Waals surface area (Å²) < 4.78 is 0. The van der Waals surface area contributed by atoms with E-state index in [-0.39, 0.29) is 12.3 Å². The van der Waals surface area contributed by atoms with Crippen molar-refractivity contribution in [2.24, 2.45) is 0 Å². The van der Waals surface area contributed by atoms with Gasteiger partial charge in [0, 0.05) is 21.6 Å². The van der Waals surface area contributed by atoms with Gasteiger partial charge in [0.25, 0.3) is 5.91 Å². The molecule has 3 rings (SSSR count). The van der Waals surface area contributed by atoms with E-state index in [0.717, 1.165) is 47.0 Å². The smallest absolute Gasteiger partial charge is 0.305 e. The highest BCUT2D eigenvalue weighted by Crippen LogP contribution is 2.33. The number of amides is 1. The van der Waals surface area contributed by atoms with Crippen molar-refractivity contribution in [1.82, 2.24) is 10.3 Å². The number of carbonyl (C=O) groups is 2. The number of aromatic nitrogens is 1. The molecule has 0 atom stereocenters. The summed E-state index contributed by atoms with van der Waals surface area (Å²) in [6.07, 6.45) is 3.36. The molecule has 0 saturated heterocycles. The summed E-state index contributed by atoms with van der Waals surface area (Å²) in [5, 5.41) is 15.3. The lowest BCUT2D eigenvalue weighted by Gasteiger charge is -2.28. The Labute approximate surface area is 161 Å². The molecule has 138 valence electrons. The Bertz CT molecular complexity index is 780. The Balaban J connectivity index is 1.60. The normalized spacial score (nSPS) is 15.7. The average Bonchev–Trinajstić information content (AvgIpc) is 3.22. The predicted molar refractivity (Wildman–Crippen MR) is 104 cm³/mol. The molecule has 1 fully saturated rings. The van der Waals surface area contributed by atoms with E-state index in [9.17, 15) is 9.59 Å². The lowest BCUT2D eigenvalue weighted by atomic mass is 9.92. The molecule has 0 radical (unpaired) electrons. The first kappa shape index (κ1) is 18.9. The number of aliphatic carboxylic acids is 1. The number of benzene rings is 1. The molecule has 1 heterocycles. The van der Waals surface area contributed by atoms with Crippen LogP contribution in [-0.2, 0) is 10.5 Å². The summed E-state index contributed by atoms with van der Waals surface area (Å²) in [4.78, 5) is 29.2. The second-order valence-electron chi connectivity index (χ2n) is 6.68. The largest absolute Gasteiger partial charge is 0.481 e. The zero-order valence-corrected chi connectivity index (χ0v) is 16.3. The van der Waals surface area contributed by atoms with Gasteiger partial charge < -0.3 is 10.4 Å². The van der Waals surface area contributed by atoms with E-state index in [1.54, 1.807) is 35.2 Å². The van der Waals surface area contributed by atoms with Crippen LogP contribution in [0.25, 0.3) is 0 Å². The van der Waals surface area contributed by atoms with E-state index in [1.807, 2.05) is 19.1 Å². The summed E-state index contributed by atoms with van der Waals surface area (Å²) in [7, 11) is 0. The summed E-state index contributed by atoms with van der Waals surface area (Å²) in [5.74, 6) is -0.256. The number of rotatable bonds is 7. The van der Waals surface area contributed by atoms with Gasteiger partial charge in [-0.2, -0.15) is 0 Å². The standard InChI is InChI=1S/C19H22N2O3S2/c1-13-20-15(11-25-13)12-26-16-6-4-14(5-7-16)18(24)21-19(10-17(22)23)8-2-3-9-19/h4-7,11H,2-3,8-10,12H2,1H3,(H,21,24)(H,22,23). The van der Waals surface area contributed by atoms with Crippen molar-refractivity contribution in [2.75, 3.05) is 0 Å². The first-order chi connectivity index (χ1) is 12.5. The SMILES string of the molecule is Cc1nc(CSc2ccc(C(=O)NC3(CC(=O)O)CCCC3)cc2)cs1. The lowest BCUT2D eigenvalue weighted by molar-refractivity contribution is -0.138. The maximum absolute atomic E-state index is 12.6. The molecule has 1 aromatic heterocycles. The van der Waals surface area contributed by atoms with Crippen LogP contribution in [0.1, 0.15) is 53.2 Å². The van der Waals surface area contributed by atoms with Crippen LogP contribution < -0.4 is 5.32 Å². The minimum Gasteiger partial charge on any atom is -0.481 e. The van der Waals surface area contributed by atoms with Gasteiger partial charge in [-0.1, -0.05) is 12.8 Å². The van der Waals surface area contributed by atoms with Crippen LogP contribution in [-0.4, -0.2) is 27.5 Å². The predicted octanol–water partition coefficient (Wildman–Crippen LogP) is 4.26. The second-order valence-corrected chi connectivity index (χ2v) is 8.79. The number of nitrogens with zero attached hydrogens (tertiary/aromatic N) is 1. The number of hydrogen-bond acceptors (Lipinski definition) is 5. The fourth-order valence-electron chi connectivity index (χ4n) is 3.33. The van der Waals surface area contributed by atoms with Crippen molar-refractivity contribution in [3.8, 4) is 0 Å². The van der Waals surface area contributed by atoms with Crippen LogP contribution in [0.5, 0.6) is 0 Å². The van der Waals surface area contributed by atoms with Gasteiger partial charge in [0.2, 0.25) is 0 Å². The summed E-state index contributed by atoms with van der Waals surface area (Å²) in [6.45, 7) is 1.99. The molecule has 1 aliphatic carbocycles. The molecule has 0 bridgehead atoms. The van der Waals surface area contributed by atoms with Crippen molar-refractivity contribution in [2.45, 2.75) is 55.2 Å². The molecule has 5 nitrogen and oxygen atoms in total. The number of hydrogen-bond donors (Lipinski definition) is 2. The van der Waals surface area contributed by atoms with Crippen LogP contribution in [0.15, 0.2) is 34.5 Å². The van der Waals surface area contributed by atoms with Gasteiger partial charge in [-0.15, -0.1) is 23.1 Å². The highest BCUT2D eigenvalue weighted by molar-refractivity contribution is 7.98.